The first-order chi connectivity index (χ1) is 7.79. The first-order valence-corrected chi connectivity index (χ1v) is 6.46. The quantitative estimate of drug-likeness (QED) is 0.672. The minimum Gasteiger partial charge on any atom is -0.478 e. The number of aromatic carboxylic acids is 1. The highest BCUT2D eigenvalue weighted by Gasteiger charge is 2.08. The van der Waals surface area contributed by atoms with Gasteiger partial charge in [-0.1, -0.05) is 0 Å². The molecule has 1 heterocycles. The van der Waals surface area contributed by atoms with E-state index in [1.165, 1.54) is 12.1 Å². The fourth-order valence-corrected chi connectivity index (χ4v) is 1.59. The Hall–Kier alpha value is -1.67. The molecular formula is C9H13N3O4S. The molecule has 4 N–H and O–H groups in total. The molecule has 0 radical (unpaired) electrons. The number of hydrogen-bond donors (Lipinski definition) is 3. The van der Waals surface area contributed by atoms with Crippen LogP contribution in [-0.2, 0) is 10.0 Å². The number of anilines is 1. The predicted octanol–water partition coefficient (Wildman–Crippen LogP) is -0.211. The normalized spacial score (nSPS) is 11.2. The van der Waals surface area contributed by atoms with E-state index in [0.717, 1.165) is 0 Å². The van der Waals surface area contributed by atoms with E-state index < -0.39 is 16.0 Å². The van der Waals surface area contributed by atoms with Gasteiger partial charge in [0.05, 0.1) is 17.0 Å². The molecule has 94 valence electrons. The summed E-state index contributed by atoms with van der Waals surface area (Å²) in [4.78, 5) is 14.7. The molecule has 1 aromatic rings. The summed E-state index contributed by atoms with van der Waals surface area (Å²) < 4.78 is 21.3. The van der Waals surface area contributed by atoms with Crippen molar-refractivity contribution in [2.45, 2.75) is 6.92 Å². The van der Waals surface area contributed by atoms with Crippen molar-refractivity contribution in [3.8, 4) is 0 Å². The van der Waals surface area contributed by atoms with Crippen molar-refractivity contribution in [2.75, 3.05) is 17.6 Å². The van der Waals surface area contributed by atoms with E-state index in [1.54, 1.807) is 6.92 Å². The lowest BCUT2D eigenvalue weighted by Gasteiger charge is -2.06. The number of pyridine rings is 1. The van der Waals surface area contributed by atoms with Crippen molar-refractivity contribution < 1.29 is 18.3 Å². The highest BCUT2D eigenvalue weighted by molar-refractivity contribution is 7.89. The Balaban J connectivity index is 2.68. The number of sulfonamides is 1. The summed E-state index contributed by atoms with van der Waals surface area (Å²) in [5, 5.41) is 16.4. The molecule has 0 aliphatic heterocycles. The molecule has 0 saturated heterocycles. The number of nitrogens with one attached hydrogen (secondary N) is 1. The van der Waals surface area contributed by atoms with Gasteiger partial charge in [0, 0.05) is 6.54 Å². The molecule has 1 rings (SSSR count). The number of carboxylic acids is 1. The van der Waals surface area contributed by atoms with Crippen LogP contribution in [0.15, 0.2) is 12.1 Å². The maximum Gasteiger partial charge on any atom is 0.337 e. The number of nitrogens with two attached hydrogens (primary N) is 1. The molecule has 0 spiro atoms. The smallest absolute Gasteiger partial charge is 0.337 e. The molecule has 0 amide bonds. The van der Waals surface area contributed by atoms with Crippen LogP contribution in [0.4, 0.5) is 5.82 Å². The molecule has 17 heavy (non-hydrogen) atoms. The zero-order valence-corrected chi connectivity index (χ0v) is 9.99. The van der Waals surface area contributed by atoms with E-state index in [2.05, 4.69) is 10.3 Å². The fraction of sp³-hybridized carbons (Fsp3) is 0.333. The minimum atomic E-state index is -3.51. The van der Waals surface area contributed by atoms with Gasteiger partial charge in [0.15, 0.2) is 0 Å². The van der Waals surface area contributed by atoms with Gasteiger partial charge in [-0.05, 0) is 19.1 Å². The van der Waals surface area contributed by atoms with E-state index >= 15 is 0 Å². The van der Waals surface area contributed by atoms with Gasteiger partial charge in [-0.3, -0.25) is 0 Å². The van der Waals surface area contributed by atoms with Gasteiger partial charge in [-0.2, -0.15) is 0 Å². The molecule has 0 unspecified atom stereocenters. The summed E-state index contributed by atoms with van der Waals surface area (Å²) in [5.41, 5.74) is 0.472. The van der Waals surface area contributed by atoms with Gasteiger partial charge in [-0.15, -0.1) is 0 Å². The second-order valence-corrected chi connectivity index (χ2v) is 5.16. The first-order valence-electron chi connectivity index (χ1n) is 4.75. The Bertz CT molecular complexity index is 527. The molecule has 0 bridgehead atoms. The van der Waals surface area contributed by atoms with Crippen molar-refractivity contribution in [1.29, 1.82) is 0 Å². The summed E-state index contributed by atoms with van der Waals surface area (Å²) in [6.45, 7) is 1.69. The number of primary sulfonamides is 1. The van der Waals surface area contributed by atoms with E-state index in [0.29, 0.717) is 11.5 Å². The molecule has 7 nitrogen and oxygen atoms in total. The Morgan fingerprint density at radius 2 is 2.18 bits per heavy atom. The maximum atomic E-state index is 10.7. The largest absolute Gasteiger partial charge is 0.478 e. The van der Waals surface area contributed by atoms with E-state index in [1.807, 2.05) is 0 Å². The summed E-state index contributed by atoms with van der Waals surface area (Å²) in [6, 6.07) is 2.88. The van der Waals surface area contributed by atoms with Crippen LogP contribution < -0.4 is 10.5 Å². The number of aromatic nitrogens is 1. The molecule has 0 saturated carbocycles. The lowest BCUT2D eigenvalue weighted by molar-refractivity contribution is 0.0695. The average molecular weight is 259 g/mol. The Labute approximate surface area is 98.7 Å². The highest BCUT2D eigenvalue weighted by Crippen LogP contribution is 2.10. The van der Waals surface area contributed by atoms with Crippen LogP contribution >= 0.6 is 0 Å². The van der Waals surface area contributed by atoms with E-state index in [4.69, 9.17) is 10.2 Å². The summed E-state index contributed by atoms with van der Waals surface area (Å²) in [5.74, 6) is -0.851. The maximum absolute atomic E-state index is 10.7. The number of aryl methyl sites for hydroxylation is 1. The fourth-order valence-electron chi connectivity index (χ4n) is 1.21. The van der Waals surface area contributed by atoms with Crippen molar-refractivity contribution >= 4 is 21.8 Å². The molecule has 8 heteroatoms. The number of hydrogen-bond acceptors (Lipinski definition) is 5. The van der Waals surface area contributed by atoms with Gasteiger partial charge < -0.3 is 10.4 Å². The van der Waals surface area contributed by atoms with Crippen LogP contribution in [0, 0.1) is 6.92 Å². The molecule has 0 aromatic carbocycles. The Kier molecular flexibility index (Phi) is 4.02. The highest BCUT2D eigenvalue weighted by atomic mass is 32.2. The third-order valence-electron chi connectivity index (χ3n) is 2.01. The zero-order chi connectivity index (χ0) is 13.1. The van der Waals surface area contributed by atoms with Crippen molar-refractivity contribution in [2.24, 2.45) is 5.14 Å². The SMILES string of the molecule is Cc1nc(NCCS(N)(=O)=O)ccc1C(=O)O. The summed E-state index contributed by atoms with van der Waals surface area (Å²) in [6.07, 6.45) is 0. The molecule has 0 aliphatic rings. The van der Waals surface area contributed by atoms with Gasteiger partial charge in [0.2, 0.25) is 10.0 Å². The van der Waals surface area contributed by atoms with Crippen molar-refractivity contribution in [3.05, 3.63) is 23.4 Å². The molecule has 1 aromatic heterocycles. The third kappa shape index (κ3) is 4.37. The topological polar surface area (TPSA) is 122 Å². The minimum absolute atomic E-state index is 0.113. The predicted molar refractivity (Wildman–Crippen MR) is 62.4 cm³/mol. The summed E-state index contributed by atoms with van der Waals surface area (Å²) >= 11 is 0. The second kappa shape index (κ2) is 5.11. The standard InChI is InChI=1S/C9H13N3O4S/c1-6-7(9(13)14)2-3-8(12-6)11-4-5-17(10,15)16/h2-3H,4-5H2,1H3,(H,11,12)(H,13,14)(H2,10,15,16). The monoisotopic (exact) mass is 259 g/mol. The van der Waals surface area contributed by atoms with Crippen LogP contribution in [0.25, 0.3) is 0 Å². The first kappa shape index (κ1) is 13.4. The Morgan fingerprint density at radius 3 is 2.65 bits per heavy atom. The number of nitrogens with zero attached hydrogens (tertiary/aromatic N) is 1. The lowest BCUT2D eigenvalue weighted by Crippen LogP contribution is -2.22. The van der Waals surface area contributed by atoms with Crippen LogP contribution in [0.2, 0.25) is 0 Å². The third-order valence-corrected chi connectivity index (χ3v) is 2.78. The Morgan fingerprint density at radius 1 is 1.53 bits per heavy atom. The average Bonchev–Trinajstić information content (AvgIpc) is 2.15. The number of rotatable bonds is 5. The van der Waals surface area contributed by atoms with Crippen LogP contribution in [-0.4, -0.2) is 36.8 Å². The summed E-state index contributed by atoms with van der Waals surface area (Å²) in [7, 11) is -3.51. The van der Waals surface area contributed by atoms with Gasteiger partial charge in [0.1, 0.15) is 5.82 Å². The lowest BCUT2D eigenvalue weighted by atomic mass is 10.2. The van der Waals surface area contributed by atoms with Crippen LogP contribution in [0.5, 0.6) is 0 Å². The molecule has 0 fully saturated rings. The van der Waals surface area contributed by atoms with Gasteiger partial charge in [0.25, 0.3) is 0 Å². The molecular weight excluding hydrogens is 246 g/mol. The van der Waals surface area contributed by atoms with Crippen molar-refractivity contribution in [1.82, 2.24) is 4.98 Å². The zero-order valence-electron chi connectivity index (χ0n) is 9.17. The molecule has 0 aliphatic carbocycles. The van der Waals surface area contributed by atoms with Crippen LogP contribution in [0.3, 0.4) is 0 Å². The van der Waals surface area contributed by atoms with Gasteiger partial charge >= 0.3 is 5.97 Å². The molecule has 0 atom stereocenters. The number of carboxylic acid groups (broad SMARTS) is 1. The number of carbonyl (C=O) groups is 1. The van der Waals surface area contributed by atoms with Crippen LogP contribution in [0.1, 0.15) is 16.1 Å². The van der Waals surface area contributed by atoms with Gasteiger partial charge in [-0.25, -0.2) is 23.3 Å². The van der Waals surface area contributed by atoms with E-state index in [9.17, 15) is 13.2 Å². The van der Waals surface area contributed by atoms with E-state index in [-0.39, 0.29) is 17.9 Å². The second-order valence-electron chi connectivity index (χ2n) is 3.43. The van der Waals surface area contributed by atoms with Crippen molar-refractivity contribution in [3.63, 3.8) is 0 Å².